The van der Waals surface area contributed by atoms with Crippen molar-refractivity contribution in [3.05, 3.63) is 35.9 Å². The fourth-order valence-electron chi connectivity index (χ4n) is 1.24. The molecule has 1 aromatic rings. The van der Waals surface area contributed by atoms with Gasteiger partial charge in [0, 0.05) is 11.7 Å². The van der Waals surface area contributed by atoms with Gasteiger partial charge in [-0.1, -0.05) is 30.3 Å². The lowest BCUT2D eigenvalue weighted by molar-refractivity contribution is -0.119. The topological polar surface area (TPSA) is 29.1 Å². The van der Waals surface area contributed by atoms with Crippen molar-refractivity contribution in [2.24, 2.45) is 0 Å². The summed E-state index contributed by atoms with van der Waals surface area (Å²) >= 11 is 1.14. The molecule has 15 heavy (non-hydrogen) atoms. The van der Waals surface area contributed by atoms with Gasteiger partial charge in [-0.3, -0.25) is 4.79 Å². The van der Waals surface area contributed by atoms with E-state index in [4.69, 9.17) is 0 Å². The van der Waals surface area contributed by atoms with Crippen molar-refractivity contribution in [3.8, 4) is 0 Å². The number of hydrogen-bond donors (Lipinski definition) is 1. The lowest BCUT2D eigenvalue weighted by atomic mass is 10.1. The van der Waals surface area contributed by atoms with E-state index >= 15 is 0 Å². The Labute approximate surface area is 95.3 Å². The van der Waals surface area contributed by atoms with Gasteiger partial charge in [0.1, 0.15) is 6.01 Å². The molecular formula is C10H13FNOPS. The van der Waals surface area contributed by atoms with Crippen molar-refractivity contribution in [2.75, 3.05) is 6.01 Å². The smallest absolute Gasteiger partial charge is 0.224 e. The van der Waals surface area contributed by atoms with Crippen LogP contribution in [0.15, 0.2) is 30.3 Å². The average molecular weight is 245 g/mol. The molecule has 0 aromatic heterocycles. The molecule has 1 N–H and O–H groups in total. The van der Waals surface area contributed by atoms with Crippen LogP contribution in [0.4, 0.5) is 4.39 Å². The molecule has 0 aliphatic carbocycles. The third-order valence-corrected chi connectivity index (χ3v) is 3.26. The van der Waals surface area contributed by atoms with Gasteiger partial charge in [-0.05, 0) is 15.0 Å². The van der Waals surface area contributed by atoms with Crippen LogP contribution in [-0.2, 0) is 4.79 Å². The first-order valence-electron chi connectivity index (χ1n) is 4.50. The Morgan fingerprint density at radius 2 is 2.13 bits per heavy atom. The first kappa shape index (κ1) is 12.5. The molecule has 1 aromatic carbocycles. The number of amides is 1. The summed E-state index contributed by atoms with van der Waals surface area (Å²) in [5.41, 5.74) is 0.980. The number of nitrogens with one attached hydrogen (secondary N) is 1. The van der Waals surface area contributed by atoms with Gasteiger partial charge in [0.2, 0.25) is 5.91 Å². The zero-order chi connectivity index (χ0) is 11.1. The van der Waals surface area contributed by atoms with Crippen LogP contribution in [-0.4, -0.2) is 11.9 Å². The molecule has 0 aliphatic heterocycles. The maximum absolute atomic E-state index is 12.3. The summed E-state index contributed by atoms with van der Waals surface area (Å²) in [5.74, 6) is -0.102. The molecule has 0 saturated carbocycles. The first-order valence-corrected chi connectivity index (χ1v) is 6.12. The first-order chi connectivity index (χ1) is 7.27. The van der Waals surface area contributed by atoms with E-state index in [-0.39, 0.29) is 11.2 Å². The maximum atomic E-state index is 12.3. The van der Waals surface area contributed by atoms with E-state index < -0.39 is 6.01 Å². The molecular weight excluding hydrogens is 232 g/mol. The summed E-state index contributed by atoms with van der Waals surface area (Å²) in [5, 5.41) is 2.35. The predicted molar refractivity (Wildman–Crippen MR) is 65.2 cm³/mol. The number of hydrogen-bond acceptors (Lipinski definition) is 2. The number of halogens is 1. The Kier molecular flexibility index (Phi) is 5.66. The second kappa shape index (κ2) is 6.81. The van der Waals surface area contributed by atoms with Crippen LogP contribution in [0.1, 0.15) is 17.2 Å². The quantitative estimate of drug-likeness (QED) is 0.808. The molecule has 2 unspecified atom stereocenters. The Morgan fingerprint density at radius 3 is 2.67 bits per heavy atom. The van der Waals surface area contributed by atoms with Crippen molar-refractivity contribution in [1.29, 1.82) is 0 Å². The van der Waals surface area contributed by atoms with Gasteiger partial charge in [-0.15, -0.1) is 11.8 Å². The molecule has 0 saturated heterocycles. The van der Waals surface area contributed by atoms with Crippen molar-refractivity contribution in [1.82, 2.24) is 5.09 Å². The molecule has 1 rings (SSSR count). The van der Waals surface area contributed by atoms with E-state index in [1.165, 1.54) is 0 Å². The lowest BCUT2D eigenvalue weighted by Gasteiger charge is -2.13. The molecule has 82 valence electrons. The molecule has 1 amide bonds. The average Bonchev–Trinajstić information content (AvgIpc) is 2.29. The van der Waals surface area contributed by atoms with E-state index in [1.807, 2.05) is 30.3 Å². The van der Waals surface area contributed by atoms with Gasteiger partial charge in [0.25, 0.3) is 0 Å². The van der Waals surface area contributed by atoms with Gasteiger partial charge in [-0.2, -0.15) is 0 Å². The number of carbonyl (C=O) groups excluding carboxylic acids is 1. The Morgan fingerprint density at radius 1 is 1.47 bits per heavy atom. The maximum Gasteiger partial charge on any atom is 0.224 e. The number of rotatable bonds is 5. The fourth-order valence-corrected chi connectivity index (χ4v) is 2.13. The molecule has 2 atom stereocenters. The predicted octanol–water partition coefficient (Wildman–Crippen LogP) is 2.68. The van der Waals surface area contributed by atoms with E-state index in [2.05, 4.69) is 14.5 Å². The fraction of sp³-hybridized carbons (Fsp3) is 0.300. The highest BCUT2D eigenvalue weighted by molar-refractivity contribution is 7.99. The van der Waals surface area contributed by atoms with Crippen molar-refractivity contribution < 1.29 is 9.18 Å². The molecule has 0 bridgehead atoms. The number of carbonyl (C=O) groups is 1. The van der Waals surface area contributed by atoms with Crippen molar-refractivity contribution >= 4 is 27.1 Å². The van der Waals surface area contributed by atoms with Gasteiger partial charge >= 0.3 is 0 Å². The summed E-state index contributed by atoms with van der Waals surface area (Å²) in [6.07, 6.45) is 0.294. The highest BCUT2D eigenvalue weighted by Gasteiger charge is 2.15. The summed E-state index contributed by atoms with van der Waals surface area (Å²) in [4.78, 5) is 11.2. The minimum atomic E-state index is -0.482. The van der Waals surface area contributed by atoms with Crippen LogP contribution < -0.4 is 5.09 Å². The van der Waals surface area contributed by atoms with Gasteiger partial charge in [-0.25, -0.2) is 4.39 Å². The monoisotopic (exact) mass is 245 g/mol. The highest BCUT2D eigenvalue weighted by Crippen LogP contribution is 2.31. The van der Waals surface area contributed by atoms with Crippen LogP contribution in [0.5, 0.6) is 0 Å². The van der Waals surface area contributed by atoms with Gasteiger partial charge < -0.3 is 5.09 Å². The minimum Gasteiger partial charge on any atom is -0.341 e. The second-order valence-electron chi connectivity index (χ2n) is 2.95. The minimum absolute atomic E-state index is 0.102. The summed E-state index contributed by atoms with van der Waals surface area (Å²) in [6, 6.07) is 9.01. The Hall–Kier alpha value is -0.600. The van der Waals surface area contributed by atoms with E-state index in [9.17, 15) is 9.18 Å². The largest absolute Gasteiger partial charge is 0.341 e. The van der Waals surface area contributed by atoms with Crippen LogP contribution in [0.25, 0.3) is 0 Å². The molecule has 0 radical (unpaired) electrons. The molecule has 5 heteroatoms. The second-order valence-corrected chi connectivity index (χ2v) is 4.36. The SMILES string of the molecule is O=C(CC(SCF)c1ccccc1)NP. The Balaban J connectivity index is 2.70. The highest BCUT2D eigenvalue weighted by atomic mass is 32.2. The number of alkyl halides is 1. The molecule has 0 spiro atoms. The van der Waals surface area contributed by atoms with Crippen LogP contribution in [0, 0.1) is 0 Å². The van der Waals surface area contributed by atoms with Crippen molar-refractivity contribution in [2.45, 2.75) is 11.7 Å². The summed E-state index contributed by atoms with van der Waals surface area (Å²) < 4.78 is 12.3. The molecule has 2 nitrogen and oxygen atoms in total. The van der Waals surface area contributed by atoms with Crippen LogP contribution in [0.2, 0.25) is 0 Å². The van der Waals surface area contributed by atoms with E-state index in [1.54, 1.807) is 0 Å². The van der Waals surface area contributed by atoms with Gasteiger partial charge in [0.15, 0.2) is 0 Å². The zero-order valence-corrected chi connectivity index (χ0v) is 10.1. The van der Waals surface area contributed by atoms with Crippen LogP contribution >= 0.6 is 21.2 Å². The third-order valence-electron chi connectivity index (χ3n) is 1.97. The van der Waals surface area contributed by atoms with E-state index in [0.29, 0.717) is 6.42 Å². The number of benzene rings is 1. The molecule has 0 fully saturated rings. The van der Waals surface area contributed by atoms with Crippen LogP contribution in [0.3, 0.4) is 0 Å². The third kappa shape index (κ3) is 4.18. The summed E-state index contributed by atoms with van der Waals surface area (Å²) in [6.45, 7) is 0. The number of thioether (sulfide) groups is 1. The molecule has 0 heterocycles. The zero-order valence-electron chi connectivity index (χ0n) is 8.15. The van der Waals surface area contributed by atoms with Gasteiger partial charge in [0.05, 0.1) is 0 Å². The van der Waals surface area contributed by atoms with Crippen molar-refractivity contribution in [3.63, 3.8) is 0 Å². The normalized spacial score (nSPS) is 12.1. The summed E-state index contributed by atoms with van der Waals surface area (Å²) in [7, 11) is 2.16. The Bertz CT molecular complexity index is 310. The lowest BCUT2D eigenvalue weighted by Crippen LogP contribution is -2.14. The van der Waals surface area contributed by atoms with E-state index in [0.717, 1.165) is 17.3 Å². The molecule has 0 aliphatic rings. The standard InChI is InChI=1S/C10H13FNOPS/c11-7-15-9(6-10(13)12-14)8-4-2-1-3-5-8/h1-5,9H,6-7,14H2,(H,12,13).